The Morgan fingerprint density at radius 3 is 2.67 bits per heavy atom. The Hall–Kier alpha value is -2.48. The van der Waals surface area contributed by atoms with Gasteiger partial charge in [0.1, 0.15) is 11.9 Å². The van der Waals surface area contributed by atoms with Crippen LogP contribution in [0.1, 0.15) is 42.5 Å². The Kier molecular flexibility index (Phi) is 4.98. The second-order valence-corrected chi connectivity index (χ2v) is 10.9. The molecule has 2 aromatic heterocycles. The molecule has 6 rings (SSSR count). The molecule has 1 saturated carbocycles. The number of amides is 2. The van der Waals surface area contributed by atoms with Crippen LogP contribution in [0.3, 0.4) is 0 Å². The minimum atomic E-state index is -0.106. The predicted octanol–water partition coefficient (Wildman–Crippen LogP) is 4.85. The average Bonchev–Trinajstić information content (AvgIpc) is 3.27. The lowest BCUT2D eigenvalue weighted by Gasteiger charge is -2.54. The van der Waals surface area contributed by atoms with E-state index in [1.165, 1.54) is 11.3 Å². The van der Waals surface area contributed by atoms with Crippen molar-refractivity contribution < 1.29 is 14.3 Å². The first-order valence-corrected chi connectivity index (χ1v) is 12.5. The lowest BCUT2D eigenvalue weighted by molar-refractivity contribution is -0.138. The van der Waals surface area contributed by atoms with E-state index in [1.807, 2.05) is 31.2 Å². The monoisotopic (exact) mass is 481 g/mol. The lowest BCUT2D eigenvalue weighted by Crippen LogP contribution is -2.67. The number of ether oxygens (including phenoxy) is 1. The molecule has 3 aromatic rings. The summed E-state index contributed by atoms with van der Waals surface area (Å²) in [5.74, 6) is 0.656. The van der Waals surface area contributed by atoms with Crippen molar-refractivity contribution in [2.45, 2.75) is 57.2 Å². The fraction of sp³-hybridized carbons (Fsp3) is 0.400. The number of carbonyl (C=O) groups excluding carboxylic acids is 2. The maximum atomic E-state index is 12.1. The number of benzene rings is 1. The van der Waals surface area contributed by atoms with Crippen LogP contribution in [0.5, 0.6) is 5.75 Å². The normalized spacial score (nSPS) is 24.4. The van der Waals surface area contributed by atoms with Crippen LogP contribution in [-0.2, 0) is 16.1 Å². The first-order valence-electron chi connectivity index (χ1n) is 11.3. The van der Waals surface area contributed by atoms with Gasteiger partial charge in [-0.15, -0.1) is 11.3 Å². The number of nitrogens with zero attached hydrogens (tertiary/aromatic N) is 2. The summed E-state index contributed by atoms with van der Waals surface area (Å²) in [6, 6.07) is 7.86. The minimum Gasteiger partial charge on any atom is -0.489 e. The quantitative estimate of drug-likeness (QED) is 0.527. The molecule has 8 heteroatoms. The molecule has 2 saturated heterocycles. The molecule has 0 bridgehead atoms. The van der Waals surface area contributed by atoms with Gasteiger partial charge in [-0.1, -0.05) is 11.6 Å². The summed E-state index contributed by atoms with van der Waals surface area (Å²) in [6.07, 6.45) is 5.87. The van der Waals surface area contributed by atoms with Crippen LogP contribution in [0.15, 0.2) is 30.5 Å². The molecule has 6 nitrogen and oxygen atoms in total. The van der Waals surface area contributed by atoms with E-state index in [1.54, 1.807) is 17.5 Å². The van der Waals surface area contributed by atoms with Crippen molar-refractivity contribution in [2.24, 2.45) is 0 Å². The molecule has 0 unspecified atom stereocenters. The first-order chi connectivity index (χ1) is 15.9. The molecule has 2 amide bonds. The number of nitrogens with one attached hydrogen (secondary N) is 1. The SMILES string of the molecule is Cc1cc(Cl)cc(-c2ccnc3cc(CN4C(=O)CCC4=O)sc23)c1OC1CC2(CCN2)C1. The molecule has 0 radical (unpaired) electrons. The van der Waals surface area contributed by atoms with E-state index in [9.17, 15) is 9.59 Å². The predicted molar refractivity (Wildman–Crippen MR) is 129 cm³/mol. The van der Waals surface area contributed by atoms with Gasteiger partial charge in [0.2, 0.25) is 11.8 Å². The van der Waals surface area contributed by atoms with E-state index in [0.29, 0.717) is 29.9 Å². The van der Waals surface area contributed by atoms with Crippen molar-refractivity contribution in [3.63, 3.8) is 0 Å². The van der Waals surface area contributed by atoms with Gasteiger partial charge in [0.25, 0.3) is 0 Å². The first kappa shape index (κ1) is 21.1. The third-order valence-corrected chi connectivity index (χ3v) is 8.45. The standard InChI is InChI=1S/C25H24ClN3O3S/c1-14-8-15(26)9-19(23(14)32-16-11-25(12-16)5-7-28-25)18-4-6-27-20-10-17(33-24(18)20)13-29-21(30)2-3-22(29)31/h4,6,8-10,16,28H,2-3,5,7,11-13H2,1H3. The van der Waals surface area contributed by atoms with E-state index >= 15 is 0 Å². The summed E-state index contributed by atoms with van der Waals surface area (Å²) in [7, 11) is 0. The van der Waals surface area contributed by atoms with E-state index in [4.69, 9.17) is 16.3 Å². The largest absolute Gasteiger partial charge is 0.489 e. The van der Waals surface area contributed by atoms with Gasteiger partial charge in [0, 0.05) is 58.4 Å². The van der Waals surface area contributed by atoms with Crippen LogP contribution in [0.25, 0.3) is 21.3 Å². The molecule has 4 heterocycles. The molecule has 3 fully saturated rings. The zero-order valence-electron chi connectivity index (χ0n) is 18.3. The van der Waals surface area contributed by atoms with Crippen LogP contribution in [0.4, 0.5) is 0 Å². The number of imide groups is 1. The van der Waals surface area contributed by atoms with Gasteiger partial charge in [-0.2, -0.15) is 0 Å². The van der Waals surface area contributed by atoms with Gasteiger partial charge in [-0.3, -0.25) is 19.5 Å². The highest BCUT2D eigenvalue weighted by atomic mass is 35.5. The number of thiophene rings is 1. The molecule has 33 heavy (non-hydrogen) atoms. The molecular formula is C25H24ClN3O3S. The van der Waals surface area contributed by atoms with Crippen LogP contribution in [0.2, 0.25) is 5.02 Å². The second kappa shape index (κ2) is 7.79. The molecule has 1 N–H and O–H groups in total. The Balaban J connectivity index is 1.36. The maximum absolute atomic E-state index is 12.1. The number of carbonyl (C=O) groups is 2. The number of hydrogen-bond donors (Lipinski definition) is 1. The highest BCUT2D eigenvalue weighted by Crippen LogP contribution is 2.46. The Labute approximate surface area is 200 Å². The highest BCUT2D eigenvalue weighted by Gasteiger charge is 2.49. The fourth-order valence-corrected chi connectivity index (χ4v) is 6.61. The Morgan fingerprint density at radius 2 is 1.97 bits per heavy atom. The summed E-state index contributed by atoms with van der Waals surface area (Å²) < 4.78 is 7.54. The lowest BCUT2D eigenvalue weighted by atomic mass is 9.68. The Morgan fingerprint density at radius 1 is 1.21 bits per heavy atom. The molecule has 170 valence electrons. The minimum absolute atomic E-state index is 0.106. The molecule has 2 aliphatic heterocycles. The molecular weight excluding hydrogens is 458 g/mol. The summed E-state index contributed by atoms with van der Waals surface area (Å²) in [4.78, 5) is 31.0. The number of rotatable bonds is 5. The van der Waals surface area contributed by atoms with Crippen LogP contribution in [0, 0.1) is 6.92 Å². The molecule has 1 aromatic carbocycles. The van der Waals surface area contributed by atoms with Gasteiger partial charge in [0.15, 0.2) is 0 Å². The summed E-state index contributed by atoms with van der Waals surface area (Å²) in [5, 5.41) is 4.21. The summed E-state index contributed by atoms with van der Waals surface area (Å²) >= 11 is 8.04. The molecule has 0 atom stereocenters. The van der Waals surface area contributed by atoms with E-state index < -0.39 is 0 Å². The maximum Gasteiger partial charge on any atom is 0.230 e. The van der Waals surface area contributed by atoms with Gasteiger partial charge in [-0.05, 0) is 49.7 Å². The zero-order chi connectivity index (χ0) is 22.7. The van der Waals surface area contributed by atoms with Crippen LogP contribution in [-0.4, -0.2) is 39.9 Å². The van der Waals surface area contributed by atoms with Gasteiger partial charge in [-0.25, -0.2) is 0 Å². The summed E-state index contributed by atoms with van der Waals surface area (Å²) in [5.41, 5.74) is 4.11. The molecule has 1 spiro atoms. The summed E-state index contributed by atoms with van der Waals surface area (Å²) in [6.45, 7) is 3.43. The van der Waals surface area contributed by atoms with Gasteiger partial charge >= 0.3 is 0 Å². The molecule has 3 aliphatic rings. The fourth-order valence-electron chi connectivity index (χ4n) is 5.21. The van der Waals surface area contributed by atoms with Gasteiger partial charge < -0.3 is 10.1 Å². The van der Waals surface area contributed by atoms with Crippen LogP contribution < -0.4 is 10.1 Å². The van der Waals surface area contributed by atoms with Crippen molar-refractivity contribution in [2.75, 3.05) is 6.54 Å². The van der Waals surface area contributed by atoms with E-state index in [2.05, 4.69) is 10.3 Å². The number of pyridine rings is 1. The topological polar surface area (TPSA) is 71.5 Å². The number of halogens is 1. The number of hydrogen-bond acceptors (Lipinski definition) is 6. The number of aryl methyl sites for hydroxylation is 1. The van der Waals surface area contributed by atoms with Crippen molar-refractivity contribution in [1.82, 2.24) is 15.2 Å². The number of likely N-dealkylation sites (tertiary alicyclic amines) is 1. The van der Waals surface area contributed by atoms with E-state index in [0.717, 1.165) is 56.9 Å². The number of fused-ring (bicyclic) bond motifs is 1. The average molecular weight is 482 g/mol. The van der Waals surface area contributed by atoms with Crippen molar-refractivity contribution in [3.05, 3.63) is 45.9 Å². The van der Waals surface area contributed by atoms with Crippen molar-refractivity contribution in [1.29, 1.82) is 0 Å². The van der Waals surface area contributed by atoms with Crippen molar-refractivity contribution >= 4 is 45.0 Å². The van der Waals surface area contributed by atoms with Crippen LogP contribution >= 0.6 is 22.9 Å². The Bertz CT molecular complexity index is 1280. The third kappa shape index (κ3) is 3.63. The number of aromatic nitrogens is 1. The zero-order valence-corrected chi connectivity index (χ0v) is 19.9. The second-order valence-electron chi connectivity index (χ2n) is 9.36. The van der Waals surface area contributed by atoms with Crippen molar-refractivity contribution in [3.8, 4) is 16.9 Å². The third-order valence-electron chi connectivity index (χ3n) is 7.09. The molecule has 1 aliphatic carbocycles. The smallest absolute Gasteiger partial charge is 0.230 e. The van der Waals surface area contributed by atoms with Gasteiger partial charge in [0.05, 0.1) is 16.8 Å². The van der Waals surface area contributed by atoms with E-state index in [-0.39, 0.29) is 17.9 Å². The highest BCUT2D eigenvalue weighted by molar-refractivity contribution is 7.19.